The molecule has 33 heavy (non-hydrogen) atoms. The molecule has 1 aliphatic heterocycles. The SMILES string of the molecule is COC(=O)c1ccc(CCCN2C(=O)CCC2/C=C/C(O)C(C)CC#Cc2ccccc2)s1. The molecule has 3 unspecified atom stereocenters. The van der Waals surface area contributed by atoms with E-state index in [2.05, 4.69) is 11.8 Å². The Morgan fingerprint density at radius 3 is 2.85 bits per heavy atom. The molecule has 5 nitrogen and oxygen atoms in total. The third-order valence-electron chi connectivity index (χ3n) is 5.79. The van der Waals surface area contributed by atoms with Gasteiger partial charge in [0.25, 0.3) is 0 Å². The van der Waals surface area contributed by atoms with E-state index in [-0.39, 0.29) is 23.8 Å². The first-order valence-corrected chi connectivity index (χ1v) is 12.2. The number of rotatable bonds is 9. The van der Waals surface area contributed by atoms with Gasteiger partial charge in [0.2, 0.25) is 5.91 Å². The molecule has 3 rings (SSSR count). The molecule has 1 aliphatic rings. The highest BCUT2D eigenvalue weighted by Crippen LogP contribution is 2.23. The van der Waals surface area contributed by atoms with E-state index in [1.807, 2.05) is 60.4 Å². The van der Waals surface area contributed by atoms with Crippen LogP contribution in [0.15, 0.2) is 54.6 Å². The lowest BCUT2D eigenvalue weighted by Gasteiger charge is -2.23. The molecule has 1 amide bonds. The second kappa shape index (κ2) is 12.4. The smallest absolute Gasteiger partial charge is 0.348 e. The topological polar surface area (TPSA) is 66.8 Å². The van der Waals surface area contributed by atoms with Gasteiger partial charge in [0.05, 0.1) is 19.3 Å². The molecule has 1 aromatic heterocycles. The highest BCUT2D eigenvalue weighted by molar-refractivity contribution is 7.13. The van der Waals surface area contributed by atoms with E-state index in [1.165, 1.54) is 18.4 Å². The Bertz CT molecular complexity index is 1020. The molecule has 1 saturated heterocycles. The van der Waals surface area contributed by atoms with Crippen molar-refractivity contribution in [1.82, 2.24) is 4.90 Å². The molecule has 0 spiro atoms. The molecule has 3 atom stereocenters. The van der Waals surface area contributed by atoms with E-state index in [0.29, 0.717) is 24.3 Å². The lowest BCUT2D eigenvalue weighted by Crippen LogP contribution is -2.33. The number of thiophene rings is 1. The maximum atomic E-state index is 12.4. The average molecular weight is 466 g/mol. The quantitative estimate of drug-likeness (QED) is 0.337. The van der Waals surface area contributed by atoms with Gasteiger partial charge in [-0.2, -0.15) is 0 Å². The zero-order valence-corrected chi connectivity index (χ0v) is 20.0. The van der Waals surface area contributed by atoms with Crippen LogP contribution in [-0.2, 0) is 16.0 Å². The fourth-order valence-electron chi connectivity index (χ4n) is 3.78. The monoisotopic (exact) mass is 465 g/mol. The van der Waals surface area contributed by atoms with Crippen molar-refractivity contribution in [3.05, 3.63) is 69.9 Å². The molecule has 0 bridgehead atoms. The summed E-state index contributed by atoms with van der Waals surface area (Å²) >= 11 is 1.44. The number of aliphatic hydroxyl groups excluding tert-OH is 1. The van der Waals surface area contributed by atoms with E-state index in [0.717, 1.165) is 29.7 Å². The van der Waals surface area contributed by atoms with Gasteiger partial charge in [0.15, 0.2) is 0 Å². The molecule has 1 fully saturated rings. The summed E-state index contributed by atoms with van der Waals surface area (Å²) in [5.41, 5.74) is 0.971. The molecule has 2 heterocycles. The van der Waals surface area contributed by atoms with E-state index >= 15 is 0 Å². The normalized spacial score (nSPS) is 17.6. The van der Waals surface area contributed by atoms with Crippen LogP contribution in [0.25, 0.3) is 0 Å². The van der Waals surface area contributed by atoms with E-state index in [4.69, 9.17) is 4.74 Å². The number of nitrogens with zero attached hydrogens (tertiary/aromatic N) is 1. The highest BCUT2D eigenvalue weighted by atomic mass is 32.1. The maximum absolute atomic E-state index is 12.4. The summed E-state index contributed by atoms with van der Waals surface area (Å²) in [6.07, 6.45) is 6.72. The van der Waals surface area contributed by atoms with Crippen molar-refractivity contribution in [3.8, 4) is 11.8 Å². The van der Waals surface area contributed by atoms with Crippen molar-refractivity contribution in [3.63, 3.8) is 0 Å². The predicted octanol–water partition coefficient (Wildman–Crippen LogP) is 4.45. The Morgan fingerprint density at radius 1 is 1.30 bits per heavy atom. The maximum Gasteiger partial charge on any atom is 0.348 e. The van der Waals surface area contributed by atoms with Crippen molar-refractivity contribution in [1.29, 1.82) is 0 Å². The van der Waals surface area contributed by atoms with Gasteiger partial charge in [-0.3, -0.25) is 4.79 Å². The van der Waals surface area contributed by atoms with Gasteiger partial charge >= 0.3 is 5.97 Å². The van der Waals surface area contributed by atoms with Gasteiger partial charge in [0.1, 0.15) is 4.88 Å². The molecule has 0 radical (unpaired) electrons. The average Bonchev–Trinajstić information content (AvgIpc) is 3.44. The molecule has 2 aromatic rings. The molecule has 174 valence electrons. The number of esters is 1. The fraction of sp³-hybridized carbons (Fsp3) is 0.407. The second-order valence-corrected chi connectivity index (χ2v) is 9.45. The van der Waals surface area contributed by atoms with E-state index in [1.54, 1.807) is 6.07 Å². The Kier molecular flexibility index (Phi) is 9.29. The lowest BCUT2D eigenvalue weighted by atomic mass is 9.99. The number of aryl methyl sites for hydroxylation is 1. The van der Waals surface area contributed by atoms with Gasteiger partial charge in [-0.05, 0) is 49.4 Å². The Balaban J connectivity index is 1.47. The summed E-state index contributed by atoms with van der Waals surface area (Å²) in [5, 5.41) is 10.5. The van der Waals surface area contributed by atoms with Gasteiger partial charge in [-0.15, -0.1) is 11.3 Å². The van der Waals surface area contributed by atoms with Crippen LogP contribution in [0.2, 0.25) is 0 Å². The third kappa shape index (κ3) is 7.31. The minimum atomic E-state index is -0.601. The summed E-state index contributed by atoms with van der Waals surface area (Å²) in [4.78, 5) is 27.6. The van der Waals surface area contributed by atoms with Crippen LogP contribution in [0.1, 0.15) is 52.7 Å². The predicted molar refractivity (Wildman–Crippen MR) is 131 cm³/mol. The van der Waals surface area contributed by atoms with Crippen LogP contribution in [0.3, 0.4) is 0 Å². The number of benzene rings is 1. The molecular weight excluding hydrogens is 434 g/mol. The first-order valence-electron chi connectivity index (χ1n) is 11.3. The van der Waals surface area contributed by atoms with Crippen LogP contribution in [0.5, 0.6) is 0 Å². The molecule has 0 aliphatic carbocycles. The highest BCUT2D eigenvalue weighted by Gasteiger charge is 2.28. The van der Waals surface area contributed by atoms with Crippen LogP contribution >= 0.6 is 11.3 Å². The number of carbonyl (C=O) groups is 2. The van der Waals surface area contributed by atoms with E-state index < -0.39 is 6.10 Å². The molecule has 0 saturated carbocycles. The second-order valence-electron chi connectivity index (χ2n) is 8.28. The van der Waals surface area contributed by atoms with Gasteiger partial charge in [-0.1, -0.05) is 49.1 Å². The van der Waals surface area contributed by atoms with Crippen LogP contribution in [0, 0.1) is 17.8 Å². The number of amides is 1. The summed E-state index contributed by atoms with van der Waals surface area (Å²) in [6, 6.07) is 13.6. The lowest BCUT2D eigenvalue weighted by molar-refractivity contribution is -0.128. The summed E-state index contributed by atoms with van der Waals surface area (Å²) in [5.74, 6) is 6.12. The largest absolute Gasteiger partial charge is 0.465 e. The van der Waals surface area contributed by atoms with Crippen LogP contribution in [-0.4, -0.2) is 47.7 Å². The number of hydrogen-bond acceptors (Lipinski definition) is 5. The number of likely N-dealkylation sites (tertiary alicyclic amines) is 1. The number of aliphatic hydroxyl groups is 1. The molecular formula is C27H31NO4S. The minimum absolute atomic E-state index is 0.00542. The Hall–Kier alpha value is -2.88. The van der Waals surface area contributed by atoms with Crippen molar-refractivity contribution in [2.75, 3.05) is 13.7 Å². The van der Waals surface area contributed by atoms with Gasteiger partial charge in [-0.25, -0.2) is 4.79 Å². The van der Waals surface area contributed by atoms with Crippen molar-refractivity contribution < 1.29 is 19.4 Å². The van der Waals surface area contributed by atoms with Crippen molar-refractivity contribution in [2.45, 2.75) is 51.2 Å². The number of hydrogen-bond donors (Lipinski definition) is 1. The van der Waals surface area contributed by atoms with Gasteiger partial charge < -0.3 is 14.7 Å². The number of methoxy groups -OCH3 is 1. The molecule has 1 N–H and O–H groups in total. The van der Waals surface area contributed by atoms with Crippen LogP contribution in [0.4, 0.5) is 0 Å². The standard InChI is InChI=1S/C27H31NO4S/c1-20(8-6-11-21-9-4-3-5-10-21)24(29)16-13-22-14-18-26(30)28(22)19-7-12-23-15-17-25(33-23)27(31)32-2/h3-5,9-10,13,15-17,20,22,24,29H,7-8,12,14,18-19H2,1-2H3/b16-13+. The number of ether oxygens (including phenoxy) is 1. The molecule has 6 heteroatoms. The summed E-state index contributed by atoms with van der Waals surface area (Å²) in [6.45, 7) is 2.64. The third-order valence-corrected chi connectivity index (χ3v) is 6.91. The zero-order valence-electron chi connectivity index (χ0n) is 19.2. The summed E-state index contributed by atoms with van der Waals surface area (Å²) in [7, 11) is 1.38. The first-order chi connectivity index (χ1) is 16.0. The zero-order chi connectivity index (χ0) is 23.6. The summed E-state index contributed by atoms with van der Waals surface area (Å²) < 4.78 is 4.75. The van der Waals surface area contributed by atoms with E-state index in [9.17, 15) is 14.7 Å². The molecule has 1 aromatic carbocycles. The Morgan fingerprint density at radius 2 is 2.09 bits per heavy atom. The first kappa shape index (κ1) is 24.8. The van der Waals surface area contributed by atoms with Crippen molar-refractivity contribution >= 4 is 23.2 Å². The number of carbonyl (C=O) groups excluding carboxylic acids is 2. The fourth-order valence-corrected chi connectivity index (χ4v) is 4.75. The van der Waals surface area contributed by atoms with Gasteiger partial charge in [0, 0.05) is 29.8 Å². The Labute approximate surface area is 200 Å². The minimum Gasteiger partial charge on any atom is -0.465 e. The van der Waals surface area contributed by atoms with Crippen molar-refractivity contribution in [2.24, 2.45) is 5.92 Å². The van der Waals surface area contributed by atoms with Crippen LogP contribution < -0.4 is 0 Å².